The number of benzene rings is 2. The number of halogens is 2. The van der Waals surface area contributed by atoms with Crippen LogP contribution in [0.15, 0.2) is 48.5 Å². The van der Waals surface area contributed by atoms with Crippen LogP contribution < -0.4 is 8.61 Å². The Morgan fingerprint density at radius 1 is 0.957 bits per heavy atom. The van der Waals surface area contributed by atoms with Gasteiger partial charge in [0, 0.05) is 16.9 Å². The van der Waals surface area contributed by atoms with Crippen LogP contribution in [0.2, 0.25) is 5.02 Å². The number of hydrogen-bond donors (Lipinski definition) is 0. The van der Waals surface area contributed by atoms with Gasteiger partial charge in [-0.2, -0.15) is 8.42 Å². The number of unbranched alkanes of at least 4 members (excludes halogenated alkanes) is 1. The maximum Gasteiger partial charge on any atom is 0.330 e. The lowest BCUT2D eigenvalue weighted by atomic mass is 10.2. The second kappa shape index (κ2) is 6.71. The number of nitrogens with zero attached hydrogens (tertiary/aromatic N) is 2. The summed E-state index contributed by atoms with van der Waals surface area (Å²) in [6, 6.07) is 14.2. The van der Waals surface area contributed by atoms with Gasteiger partial charge in [0.15, 0.2) is 0 Å². The Morgan fingerprint density at radius 2 is 1.61 bits per heavy atom. The molecule has 0 atom stereocenters. The number of rotatable bonds is 5. The van der Waals surface area contributed by atoms with E-state index in [1.165, 1.54) is 8.61 Å². The Bertz CT molecular complexity index is 796. The van der Waals surface area contributed by atoms with Crippen LogP contribution >= 0.6 is 27.5 Å². The highest BCUT2D eigenvalue weighted by molar-refractivity contribution is 9.09. The van der Waals surface area contributed by atoms with E-state index in [0.29, 0.717) is 22.9 Å². The molecular formula is C16H16BrClN2O2S. The second-order valence-corrected chi connectivity index (χ2v) is 8.14. The first-order chi connectivity index (χ1) is 11.1. The van der Waals surface area contributed by atoms with Gasteiger partial charge in [-0.25, -0.2) is 4.31 Å². The molecule has 1 heterocycles. The Labute approximate surface area is 150 Å². The maximum atomic E-state index is 13.0. The molecule has 0 saturated carbocycles. The van der Waals surface area contributed by atoms with E-state index in [9.17, 15) is 8.42 Å². The molecule has 0 fully saturated rings. The van der Waals surface area contributed by atoms with Crippen molar-refractivity contribution in [3.63, 3.8) is 0 Å². The molecule has 122 valence electrons. The van der Waals surface area contributed by atoms with Gasteiger partial charge in [-0.3, -0.25) is 4.31 Å². The minimum Gasteiger partial charge on any atom is -0.251 e. The minimum absolute atomic E-state index is 0.467. The van der Waals surface area contributed by atoms with Gasteiger partial charge < -0.3 is 0 Å². The molecule has 3 rings (SSSR count). The van der Waals surface area contributed by atoms with Crippen LogP contribution in [0.4, 0.5) is 17.1 Å². The average molecular weight is 416 g/mol. The first-order valence-electron chi connectivity index (χ1n) is 7.29. The average Bonchev–Trinajstić information content (AvgIpc) is 2.76. The van der Waals surface area contributed by atoms with Crippen molar-refractivity contribution in [3.8, 4) is 0 Å². The summed E-state index contributed by atoms with van der Waals surface area (Å²) >= 11 is 9.30. The zero-order valence-electron chi connectivity index (χ0n) is 12.3. The molecule has 0 amide bonds. The van der Waals surface area contributed by atoms with Crippen LogP contribution in [0.3, 0.4) is 0 Å². The highest BCUT2D eigenvalue weighted by Gasteiger charge is 2.40. The topological polar surface area (TPSA) is 40.6 Å². The molecule has 0 N–H and O–H groups in total. The molecule has 2 aromatic rings. The van der Waals surface area contributed by atoms with Crippen molar-refractivity contribution in [3.05, 3.63) is 53.6 Å². The smallest absolute Gasteiger partial charge is 0.251 e. The van der Waals surface area contributed by atoms with Crippen molar-refractivity contribution >= 4 is 54.8 Å². The Kier molecular flexibility index (Phi) is 4.85. The van der Waals surface area contributed by atoms with Crippen molar-refractivity contribution in [2.75, 3.05) is 20.5 Å². The predicted molar refractivity (Wildman–Crippen MR) is 99.3 cm³/mol. The molecule has 23 heavy (non-hydrogen) atoms. The molecule has 0 spiro atoms. The third-order valence-electron chi connectivity index (χ3n) is 3.68. The first-order valence-corrected chi connectivity index (χ1v) is 10.2. The van der Waals surface area contributed by atoms with E-state index in [1.54, 1.807) is 24.3 Å². The summed E-state index contributed by atoms with van der Waals surface area (Å²) in [5, 5.41) is 1.44. The molecule has 7 heteroatoms. The lowest BCUT2D eigenvalue weighted by Gasteiger charge is -2.21. The predicted octanol–water partition coefficient (Wildman–Crippen LogP) is 4.72. The van der Waals surface area contributed by atoms with Crippen molar-refractivity contribution in [2.45, 2.75) is 12.8 Å². The van der Waals surface area contributed by atoms with Gasteiger partial charge in [-0.15, -0.1) is 0 Å². The van der Waals surface area contributed by atoms with E-state index in [1.807, 2.05) is 24.3 Å². The summed E-state index contributed by atoms with van der Waals surface area (Å²) in [4.78, 5) is 0. The quantitative estimate of drug-likeness (QED) is 0.524. The Balaban J connectivity index is 2.05. The van der Waals surface area contributed by atoms with Gasteiger partial charge in [-0.05, 0) is 49.2 Å². The fraction of sp³-hybridized carbons (Fsp3) is 0.250. The van der Waals surface area contributed by atoms with Crippen LogP contribution in [0.5, 0.6) is 0 Å². The highest BCUT2D eigenvalue weighted by atomic mass is 79.9. The largest absolute Gasteiger partial charge is 0.330 e. The summed E-state index contributed by atoms with van der Waals surface area (Å²) in [6.45, 7) is 0.467. The molecular weight excluding hydrogens is 400 g/mol. The van der Waals surface area contributed by atoms with E-state index in [2.05, 4.69) is 15.9 Å². The Morgan fingerprint density at radius 3 is 2.26 bits per heavy atom. The summed E-state index contributed by atoms with van der Waals surface area (Å²) in [5.41, 5.74) is 1.98. The number of hydrogen-bond acceptors (Lipinski definition) is 2. The monoisotopic (exact) mass is 414 g/mol. The molecule has 1 aliphatic rings. The number of alkyl halides is 1. The van der Waals surface area contributed by atoms with Crippen molar-refractivity contribution in [2.24, 2.45) is 0 Å². The van der Waals surface area contributed by atoms with Gasteiger partial charge in [0.05, 0.1) is 17.1 Å². The molecule has 0 saturated heterocycles. The molecule has 0 unspecified atom stereocenters. The normalized spacial score (nSPS) is 15.7. The van der Waals surface area contributed by atoms with Gasteiger partial charge in [0.1, 0.15) is 0 Å². The first kappa shape index (κ1) is 16.6. The second-order valence-electron chi connectivity index (χ2n) is 5.21. The third-order valence-corrected chi connectivity index (χ3v) is 6.30. The maximum absolute atomic E-state index is 13.0. The molecule has 1 aliphatic heterocycles. The van der Waals surface area contributed by atoms with Gasteiger partial charge >= 0.3 is 10.2 Å². The van der Waals surface area contributed by atoms with Gasteiger partial charge in [0.25, 0.3) is 0 Å². The van der Waals surface area contributed by atoms with Crippen LogP contribution in [0.1, 0.15) is 12.8 Å². The standard InChI is InChI=1S/C16H16BrClN2O2S/c17-11-3-4-12-19-15-5-1-2-6-16(15)20(23(19,21)22)14-9-7-13(18)8-10-14/h1-2,5-10H,3-4,11-12H2. The fourth-order valence-corrected chi connectivity index (χ4v) is 4.90. The van der Waals surface area contributed by atoms with Crippen LogP contribution in [-0.4, -0.2) is 20.3 Å². The van der Waals surface area contributed by atoms with E-state index in [0.717, 1.165) is 23.9 Å². The van der Waals surface area contributed by atoms with E-state index in [4.69, 9.17) is 11.6 Å². The summed E-state index contributed by atoms with van der Waals surface area (Å²) in [5.74, 6) is 0. The number of fused-ring (bicyclic) bond motifs is 1. The van der Waals surface area contributed by atoms with Crippen molar-refractivity contribution < 1.29 is 8.42 Å². The minimum atomic E-state index is -3.63. The fourth-order valence-electron chi connectivity index (χ4n) is 2.63. The third kappa shape index (κ3) is 3.07. The number of para-hydroxylation sites is 2. The van der Waals surface area contributed by atoms with Crippen LogP contribution in [0.25, 0.3) is 0 Å². The molecule has 0 aliphatic carbocycles. The molecule has 0 aromatic heterocycles. The highest BCUT2D eigenvalue weighted by Crippen LogP contribution is 2.45. The summed E-state index contributed by atoms with van der Waals surface area (Å²) in [6.07, 6.45) is 1.72. The lowest BCUT2D eigenvalue weighted by molar-refractivity contribution is 0.592. The van der Waals surface area contributed by atoms with E-state index < -0.39 is 10.2 Å². The van der Waals surface area contributed by atoms with Crippen LogP contribution in [-0.2, 0) is 10.2 Å². The lowest BCUT2D eigenvalue weighted by Crippen LogP contribution is -2.36. The summed E-state index contributed by atoms with van der Waals surface area (Å²) < 4.78 is 28.9. The SMILES string of the molecule is O=S1(=O)N(CCCCBr)c2ccccc2N1c1ccc(Cl)cc1. The number of anilines is 3. The summed E-state index contributed by atoms with van der Waals surface area (Å²) in [7, 11) is -3.63. The van der Waals surface area contributed by atoms with E-state index >= 15 is 0 Å². The van der Waals surface area contributed by atoms with E-state index in [-0.39, 0.29) is 0 Å². The van der Waals surface area contributed by atoms with Gasteiger partial charge in [-0.1, -0.05) is 39.7 Å². The van der Waals surface area contributed by atoms with Gasteiger partial charge in [0.2, 0.25) is 0 Å². The molecule has 2 aromatic carbocycles. The zero-order chi connectivity index (χ0) is 16.4. The molecule has 0 bridgehead atoms. The molecule has 4 nitrogen and oxygen atoms in total. The van der Waals surface area contributed by atoms with Crippen LogP contribution in [0, 0.1) is 0 Å². The van der Waals surface area contributed by atoms with Crippen molar-refractivity contribution in [1.29, 1.82) is 0 Å². The zero-order valence-corrected chi connectivity index (χ0v) is 15.5. The molecule has 0 radical (unpaired) electrons. The van der Waals surface area contributed by atoms with Crippen molar-refractivity contribution in [1.82, 2.24) is 0 Å². The Hall–Kier alpha value is -1.24.